The van der Waals surface area contributed by atoms with Crippen molar-refractivity contribution in [1.29, 1.82) is 0 Å². The molecule has 1 heterocycles. The highest BCUT2D eigenvalue weighted by Gasteiger charge is 2.34. The minimum absolute atomic E-state index is 0.114. The second-order valence-corrected chi connectivity index (χ2v) is 4.96. The van der Waals surface area contributed by atoms with Crippen LogP contribution in [0, 0.1) is 5.92 Å². The molecule has 1 fully saturated rings. The molecule has 3 nitrogen and oxygen atoms in total. The molecule has 14 heavy (non-hydrogen) atoms. The van der Waals surface area contributed by atoms with E-state index < -0.39 is 0 Å². The first-order valence-electron chi connectivity index (χ1n) is 5.66. The molecule has 80 valence electrons. The van der Waals surface area contributed by atoms with Crippen LogP contribution in [0.1, 0.15) is 39.5 Å². The van der Waals surface area contributed by atoms with Gasteiger partial charge in [-0.25, -0.2) is 0 Å². The van der Waals surface area contributed by atoms with Gasteiger partial charge in [-0.05, 0) is 25.2 Å². The summed E-state index contributed by atoms with van der Waals surface area (Å²) in [7, 11) is 0. The highest BCUT2D eigenvalue weighted by atomic mass is 16.3. The summed E-state index contributed by atoms with van der Waals surface area (Å²) in [6, 6.07) is 0.847. The van der Waals surface area contributed by atoms with Gasteiger partial charge in [0.05, 0.1) is 24.0 Å². The van der Waals surface area contributed by atoms with E-state index >= 15 is 0 Å². The Hall–Kier alpha value is -0.570. The largest absolute Gasteiger partial charge is 0.393 e. The van der Waals surface area contributed by atoms with Crippen LogP contribution in [-0.2, 0) is 0 Å². The highest BCUT2D eigenvalue weighted by Crippen LogP contribution is 2.26. The van der Waals surface area contributed by atoms with Crippen LogP contribution < -0.4 is 5.32 Å². The molecular weight excluding hydrogens is 176 g/mol. The maximum Gasteiger partial charge on any atom is 0.0972 e. The number of aliphatic imine (C=N–C) groups is 1. The van der Waals surface area contributed by atoms with Gasteiger partial charge in [0.15, 0.2) is 0 Å². The Morgan fingerprint density at radius 2 is 2.29 bits per heavy atom. The van der Waals surface area contributed by atoms with Crippen LogP contribution in [0.4, 0.5) is 0 Å². The van der Waals surface area contributed by atoms with E-state index in [1.165, 1.54) is 0 Å². The highest BCUT2D eigenvalue weighted by molar-refractivity contribution is 5.84. The number of rotatable bonds is 2. The van der Waals surface area contributed by atoms with Crippen LogP contribution in [-0.4, -0.2) is 29.1 Å². The number of aliphatic hydroxyl groups excluding tert-OH is 1. The van der Waals surface area contributed by atoms with Gasteiger partial charge in [0.1, 0.15) is 0 Å². The van der Waals surface area contributed by atoms with Crippen LogP contribution in [0.5, 0.6) is 0 Å². The number of hydrogen-bond donors (Lipinski definition) is 2. The van der Waals surface area contributed by atoms with Crippen molar-refractivity contribution in [2.24, 2.45) is 10.9 Å². The normalized spacial score (nSPS) is 36.6. The van der Waals surface area contributed by atoms with E-state index in [1.54, 1.807) is 0 Å². The average Bonchev–Trinajstić information content (AvgIpc) is 2.44. The van der Waals surface area contributed by atoms with Crippen molar-refractivity contribution in [2.45, 2.75) is 57.7 Å². The molecule has 0 spiro atoms. The monoisotopic (exact) mass is 196 g/mol. The first-order valence-corrected chi connectivity index (χ1v) is 5.66. The van der Waals surface area contributed by atoms with E-state index in [0.29, 0.717) is 18.0 Å². The minimum Gasteiger partial charge on any atom is -0.393 e. The molecule has 2 aliphatic rings. The van der Waals surface area contributed by atoms with E-state index in [-0.39, 0.29) is 6.10 Å². The summed E-state index contributed by atoms with van der Waals surface area (Å²) in [6.45, 7) is 4.42. The Kier molecular flexibility index (Phi) is 2.77. The second kappa shape index (κ2) is 3.89. The average molecular weight is 196 g/mol. The number of aliphatic hydroxyl groups is 1. The van der Waals surface area contributed by atoms with Crippen molar-refractivity contribution in [3.8, 4) is 0 Å². The van der Waals surface area contributed by atoms with E-state index in [4.69, 9.17) is 0 Å². The molecule has 2 rings (SSSR count). The van der Waals surface area contributed by atoms with E-state index in [1.807, 2.05) is 0 Å². The fraction of sp³-hybridized carbons (Fsp3) is 0.909. The summed E-state index contributed by atoms with van der Waals surface area (Å²) in [6.07, 6.45) is 3.76. The predicted molar refractivity (Wildman–Crippen MR) is 57.5 cm³/mol. The lowest BCUT2D eigenvalue weighted by molar-refractivity contribution is 0.112. The molecule has 0 aromatic rings. The van der Waals surface area contributed by atoms with Gasteiger partial charge in [-0.1, -0.05) is 13.8 Å². The van der Waals surface area contributed by atoms with Crippen molar-refractivity contribution in [1.82, 2.24) is 5.32 Å². The van der Waals surface area contributed by atoms with Crippen LogP contribution >= 0.6 is 0 Å². The summed E-state index contributed by atoms with van der Waals surface area (Å²) < 4.78 is 0. The van der Waals surface area contributed by atoms with E-state index in [2.05, 4.69) is 24.2 Å². The Morgan fingerprint density at radius 3 is 3.00 bits per heavy atom. The van der Waals surface area contributed by atoms with Crippen molar-refractivity contribution in [2.75, 3.05) is 0 Å². The molecule has 1 aliphatic heterocycles. The summed E-state index contributed by atoms with van der Waals surface area (Å²) in [5.41, 5.74) is 0. The molecule has 0 amide bonds. The van der Waals surface area contributed by atoms with Crippen molar-refractivity contribution >= 4 is 5.84 Å². The lowest BCUT2D eigenvalue weighted by Crippen LogP contribution is -2.41. The Morgan fingerprint density at radius 1 is 1.50 bits per heavy atom. The predicted octanol–water partition coefficient (Wildman–Crippen LogP) is 1.32. The maximum absolute atomic E-state index is 9.53. The zero-order chi connectivity index (χ0) is 10.1. The second-order valence-electron chi connectivity index (χ2n) is 4.96. The first kappa shape index (κ1) is 9.97. The van der Waals surface area contributed by atoms with Gasteiger partial charge < -0.3 is 10.4 Å². The fourth-order valence-electron chi connectivity index (χ4n) is 2.39. The zero-order valence-electron chi connectivity index (χ0n) is 9.03. The third kappa shape index (κ3) is 2.08. The van der Waals surface area contributed by atoms with Crippen LogP contribution in [0.15, 0.2) is 4.99 Å². The topological polar surface area (TPSA) is 44.6 Å². The standard InChI is InChI=1S/C11H20N2O/c1-7(2)5-11-12-9-4-3-8(14)6-10(9)13-11/h7-10,14H,3-6H2,1-2H3,(H,12,13). The quantitative estimate of drug-likeness (QED) is 0.699. The summed E-state index contributed by atoms with van der Waals surface area (Å²) in [5, 5.41) is 13.0. The Labute approximate surface area is 85.6 Å². The Bertz CT molecular complexity index is 237. The number of amidine groups is 1. The fourth-order valence-corrected chi connectivity index (χ4v) is 2.39. The van der Waals surface area contributed by atoms with Crippen LogP contribution in [0.2, 0.25) is 0 Å². The van der Waals surface area contributed by atoms with Crippen LogP contribution in [0.3, 0.4) is 0 Å². The molecule has 3 heteroatoms. The number of nitrogens with zero attached hydrogens (tertiary/aromatic N) is 1. The molecule has 1 saturated carbocycles. The molecule has 3 atom stereocenters. The number of fused-ring (bicyclic) bond motifs is 1. The van der Waals surface area contributed by atoms with Crippen molar-refractivity contribution in [3.05, 3.63) is 0 Å². The molecular formula is C11H20N2O. The van der Waals surface area contributed by atoms with Gasteiger partial charge in [0.2, 0.25) is 0 Å². The lowest BCUT2D eigenvalue weighted by Gasteiger charge is -2.27. The van der Waals surface area contributed by atoms with Gasteiger partial charge in [0.25, 0.3) is 0 Å². The zero-order valence-corrected chi connectivity index (χ0v) is 9.03. The van der Waals surface area contributed by atoms with Gasteiger partial charge in [-0.2, -0.15) is 0 Å². The lowest BCUT2D eigenvalue weighted by atomic mass is 9.90. The smallest absolute Gasteiger partial charge is 0.0972 e. The molecule has 0 radical (unpaired) electrons. The molecule has 1 aliphatic carbocycles. The summed E-state index contributed by atoms with van der Waals surface area (Å²) in [4.78, 5) is 4.68. The van der Waals surface area contributed by atoms with Crippen molar-refractivity contribution in [3.63, 3.8) is 0 Å². The van der Waals surface area contributed by atoms with Gasteiger partial charge >= 0.3 is 0 Å². The molecule has 2 N–H and O–H groups in total. The van der Waals surface area contributed by atoms with Gasteiger partial charge in [0, 0.05) is 6.42 Å². The van der Waals surface area contributed by atoms with Crippen LogP contribution in [0.25, 0.3) is 0 Å². The Balaban J connectivity index is 1.93. The van der Waals surface area contributed by atoms with Gasteiger partial charge in [-0.3, -0.25) is 4.99 Å². The number of nitrogens with one attached hydrogen (secondary N) is 1. The third-order valence-corrected chi connectivity index (χ3v) is 3.06. The molecule has 0 aromatic heterocycles. The van der Waals surface area contributed by atoms with E-state index in [0.717, 1.165) is 31.5 Å². The van der Waals surface area contributed by atoms with Crippen molar-refractivity contribution < 1.29 is 5.11 Å². The third-order valence-electron chi connectivity index (χ3n) is 3.06. The molecule has 0 bridgehead atoms. The van der Waals surface area contributed by atoms with E-state index in [9.17, 15) is 5.11 Å². The molecule has 0 aromatic carbocycles. The maximum atomic E-state index is 9.53. The summed E-state index contributed by atoms with van der Waals surface area (Å²) in [5.74, 6) is 1.82. The minimum atomic E-state index is -0.114. The molecule has 3 unspecified atom stereocenters. The molecule has 0 saturated heterocycles. The SMILES string of the molecule is CC(C)CC1=NC2CCC(O)CC2N1. The summed E-state index contributed by atoms with van der Waals surface area (Å²) >= 11 is 0. The van der Waals surface area contributed by atoms with Gasteiger partial charge in [-0.15, -0.1) is 0 Å². The number of hydrogen-bond acceptors (Lipinski definition) is 3. The first-order chi connectivity index (χ1) is 6.65.